The van der Waals surface area contributed by atoms with Crippen LogP contribution in [0.4, 0.5) is 5.69 Å². The second-order valence-electron chi connectivity index (χ2n) is 27.4. The van der Waals surface area contributed by atoms with Crippen LogP contribution < -0.4 is 14.4 Å². The molecular weight excluding hydrogens is 1140 g/mol. The van der Waals surface area contributed by atoms with Crippen LogP contribution in [0.1, 0.15) is 224 Å². The predicted molar refractivity (Wildman–Crippen MR) is 384 cm³/mol. The van der Waals surface area contributed by atoms with E-state index in [-0.39, 0.29) is 5.60 Å². The highest BCUT2D eigenvalue weighted by Crippen LogP contribution is 2.44. The minimum Gasteiger partial charge on any atom is -0.494 e. The van der Waals surface area contributed by atoms with Crippen molar-refractivity contribution in [1.29, 1.82) is 0 Å². The second-order valence-corrected chi connectivity index (χ2v) is 28.4. The van der Waals surface area contributed by atoms with Gasteiger partial charge in [0.25, 0.3) is 0 Å². The maximum atomic E-state index is 6.21. The normalized spacial score (nSPS) is 16.7. The molecule has 0 atom stereocenters. The minimum absolute atomic E-state index is 0.105. The molecular formula is C82H108N4O4S. The van der Waals surface area contributed by atoms with E-state index in [1.54, 1.807) is 0 Å². The van der Waals surface area contributed by atoms with Crippen LogP contribution in [0.25, 0.3) is 55.4 Å². The second kappa shape index (κ2) is 35.5. The SMILES string of the molecule is CCCCCCCCOc1ccc(-c2ccc(-c3ccc(C(C)C)cc3)cc2)cc1.CCCCCOc1ccc(-c2cc(-c3ccc(C(C)C)cc3)no2)cc1.COC1(C2CCCCC2)CCN(c2ccc(-c3nnc(C4CCC(CC(C)C)CC4)s3)cc2)CC1. The van der Waals surface area contributed by atoms with Gasteiger partial charge in [-0.15, -0.1) is 10.2 Å². The standard InChI is InChI=1S/C30H45N3OS.C29H36O.C23H27NO2/c1-22(2)21-23-9-11-24(12-10-23)28-31-32-29(35-28)25-13-15-27(16-14-25)33-19-17-30(34-3,18-20-33)26-7-5-4-6-8-26;1-4-5-6-7-8-9-22-30-29-20-18-28(19-21-29)27-16-14-26(15-17-27)25-12-10-24(11-13-25)23(2)3;1-4-5-6-15-25-21-13-11-20(12-14-21)23-16-22(24-26-23)19-9-7-18(8-10-19)17(2)3/h13-16,22-24,26H,4-12,17-21H2,1-3H3;10-21,23H,4-9,22H2,1-3H3;7-14,16-17H,4-6,15H2,1-3H3. The Bertz CT molecular complexity index is 3290. The highest BCUT2D eigenvalue weighted by molar-refractivity contribution is 7.14. The first-order valence-electron chi connectivity index (χ1n) is 35.4. The van der Waals surface area contributed by atoms with E-state index < -0.39 is 0 Å². The lowest BCUT2D eigenvalue weighted by molar-refractivity contribution is -0.0856. The average molecular weight is 1250 g/mol. The summed E-state index contributed by atoms with van der Waals surface area (Å²) in [4.78, 5) is 2.55. The molecule has 6 aromatic carbocycles. The first-order valence-corrected chi connectivity index (χ1v) is 36.2. The number of hydrogen-bond donors (Lipinski definition) is 0. The molecule has 0 spiro atoms. The molecule has 1 saturated heterocycles. The molecule has 2 saturated carbocycles. The Kier molecular flexibility index (Phi) is 26.8. The van der Waals surface area contributed by atoms with Crippen molar-refractivity contribution in [3.05, 3.63) is 168 Å². The van der Waals surface area contributed by atoms with E-state index in [1.807, 2.05) is 48.8 Å². The van der Waals surface area contributed by atoms with Crippen LogP contribution in [0.5, 0.6) is 11.5 Å². The molecule has 486 valence electrons. The number of nitrogens with zero attached hydrogens (tertiary/aromatic N) is 4. The monoisotopic (exact) mass is 1240 g/mol. The minimum atomic E-state index is 0.105. The van der Waals surface area contributed by atoms with Crippen LogP contribution in [0.2, 0.25) is 0 Å². The molecule has 2 aromatic heterocycles. The summed E-state index contributed by atoms with van der Waals surface area (Å²) in [5.74, 6) is 6.83. The van der Waals surface area contributed by atoms with Gasteiger partial charge in [-0.05, 0) is 194 Å². The van der Waals surface area contributed by atoms with Crippen molar-refractivity contribution in [2.24, 2.45) is 17.8 Å². The quantitative estimate of drug-likeness (QED) is 0.0496. The van der Waals surface area contributed by atoms with Crippen LogP contribution in [-0.2, 0) is 4.74 Å². The maximum absolute atomic E-state index is 6.21. The van der Waals surface area contributed by atoms with Crippen molar-refractivity contribution in [1.82, 2.24) is 15.4 Å². The van der Waals surface area contributed by atoms with Gasteiger partial charge in [0.05, 0.1) is 18.8 Å². The summed E-state index contributed by atoms with van der Waals surface area (Å²) >= 11 is 1.82. The average Bonchev–Trinajstić information content (AvgIpc) is 4.31. The third-order valence-corrected chi connectivity index (χ3v) is 20.7. The van der Waals surface area contributed by atoms with Gasteiger partial charge in [-0.3, -0.25) is 0 Å². The zero-order valence-corrected chi connectivity index (χ0v) is 57.7. The molecule has 8 nitrogen and oxygen atoms in total. The Balaban J connectivity index is 0.000000164. The lowest BCUT2D eigenvalue weighted by Gasteiger charge is -2.47. The first kappa shape index (κ1) is 68.8. The largest absolute Gasteiger partial charge is 0.494 e. The Morgan fingerprint density at radius 1 is 0.516 bits per heavy atom. The summed E-state index contributed by atoms with van der Waals surface area (Å²) in [5.41, 5.74) is 13.3. The Labute approximate surface area is 552 Å². The molecule has 3 fully saturated rings. The number of ether oxygens (including phenoxy) is 3. The van der Waals surface area contributed by atoms with E-state index in [2.05, 4.69) is 197 Å². The van der Waals surface area contributed by atoms with Gasteiger partial charge in [0.2, 0.25) is 0 Å². The Hall–Kier alpha value is -6.55. The Morgan fingerprint density at radius 3 is 1.52 bits per heavy atom. The lowest BCUT2D eigenvalue weighted by Crippen LogP contribution is -2.50. The van der Waals surface area contributed by atoms with E-state index in [0.29, 0.717) is 17.8 Å². The molecule has 1 aliphatic heterocycles. The van der Waals surface area contributed by atoms with Crippen molar-refractivity contribution in [2.75, 3.05) is 38.3 Å². The summed E-state index contributed by atoms with van der Waals surface area (Å²) in [6.45, 7) is 21.8. The van der Waals surface area contributed by atoms with Gasteiger partial charge in [-0.25, -0.2) is 0 Å². The molecule has 3 aliphatic rings. The summed E-state index contributed by atoms with van der Waals surface area (Å²) in [7, 11) is 1.95. The van der Waals surface area contributed by atoms with E-state index in [0.717, 1.165) is 109 Å². The predicted octanol–water partition coefficient (Wildman–Crippen LogP) is 23.7. The van der Waals surface area contributed by atoms with Crippen LogP contribution in [0, 0.1) is 17.8 Å². The van der Waals surface area contributed by atoms with Gasteiger partial charge in [-0.2, -0.15) is 0 Å². The highest BCUT2D eigenvalue weighted by Gasteiger charge is 2.42. The van der Waals surface area contributed by atoms with E-state index in [4.69, 9.17) is 18.7 Å². The van der Waals surface area contributed by atoms with Gasteiger partial charge in [0.1, 0.15) is 27.2 Å². The van der Waals surface area contributed by atoms with Crippen molar-refractivity contribution < 1.29 is 18.7 Å². The van der Waals surface area contributed by atoms with E-state index in [9.17, 15) is 0 Å². The number of piperidine rings is 1. The van der Waals surface area contributed by atoms with E-state index >= 15 is 0 Å². The molecule has 2 aliphatic carbocycles. The van der Waals surface area contributed by atoms with Crippen LogP contribution in [0.3, 0.4) is 0 Å². The number of unbranched alkanes of at least 4 members (excludes halogenated alkanes) is 7. The molecule has 11 rings (SSSR count). The van der Waals surface area contributed by atoms with Gasteiger partial charge >= 0.3 is 0 Å². The molecule has 9 heteroatoms. The van der Waals surface area contributed by atoms with Gasteiger partial charge < -0.3 is 23.6 Å². The topological polar surface area (TPSA) is 82.7 Å². The fraction of sp³-hybridized carbons (Fsp3) is 0.500. The number of rotatable bonds is 26. The molecule has 91 heavy (non-hydrogen) atoms. The van der Waals surface area contributed by atoms with Crippen molar-refractivity contribution in [3.8, 4) is 66.9 Å². The summed E-state index contributed by atoms with van der Waals surface area (Å²) in [6, 6.07) is 53.8. The number of benzene rings is 6. The van der Waals surface area contributed by atoms with Gasteiger partial charge in [-0.1, -0.05) is 221 Å². The number of hydrogen-bond acceptors (Lipinski definition) is 9. The van der Waals surface area contributed by atoms with Crippen molar-refractivity contribution in [3.63, 3.8) is 0 Å². The van der Waals surface area contributed by atoms with Crippen molar-refractivity contribution in [2.45, 2.75) is 214 Å². The zero-order chi connectivity index (χ0) is 63.8. The molecule has 3 heterocycles. The third kappa shape index (κ3) is 20.2. The maximum Gasteiger partial charge on any atom is 0.167 e. The third-order valence-electron chi connectivity index (χ3n) is 19.6. The van der Waals surface area contributed by atoms with Gasteiger partial charge in [0, 0.05) is 54.6 Å². The molecule has 0 unspecified atom stereocenters. The summed E-state index contributed by atoms with van der Waals surface area (Å²) in [5, 5.41) is 15.8. The number of anilines is 1. The van der Waals surface area contributed by atoms with Crippen LogP contribution in [-0.4, -0.2) is 54.4 Å². The molecule has 0 radical (unpaired) electrons. The van der Waals surface area contributed by atoms with Crippen LogP contribution >= 0.6 is 11.3 Å². The summed E-state index contributed by atoms with van der Waals surface area (Å²) < 4.78 is 23.4. The van der Waals surface area contributed by atoms with Crippen molar-refractivity contribution >= 4 is 17.0 Å². The molecule has 0 bridgehead atoms. The first-order chi connectivity index (χ1) is 44.4. The highest BCUT2D eigenvalue weighted by atomic mass is 32.1. The fourth-order valence-corrected chi connectivity index (χ4v) is 14.8. The molecule has 0 amide bonds. The molecule has 0 N–H and O–H groups in total. The zero-order valence-electron chi connectivity index (χ0n) is 56.9. The van der Waals surface area contributed by atoms with E-state index in [1.165, 1.54) is 159 Å². The summed E-state index contributed by atoms with van der Waals surface area (Å²) in [6.07, 6.45) is 27.1. The van der Waals surface area contributed by atoms with Crippen LogP contribution in [0.15, 0.2) is 156 Å². The smallest absolute Gasteiger partial charge is 0.167 e. The lowest BCUT2D eigenvalue weighted by atomic mass is 9.72. The van der Waals surface area contributed by atoms with Gasteiger partial charge in [0.15, 0.2) is 5.76 Å². The molecule has 8 aromatic rings. The number of methoxy groups -OCH3 is 1. The number of aromatic nitrogens is 3. The Morgan fingerprint density at radius 2 is 0.989 bits per heavy atom. The fourth-order valence-electron chi connectivity index (χ4n) is 13.8.